The highest BCUT2D eigenvalue weighted by molar-refractivity contribution is 14.0. The average molecular weight is 505 g/mol. The fraction of sp³-hybridized carbons (Fsp3) is 0.600. The fourth-order valence-corrected chi connectivity index (χ4v) is 3.25. The summed E-state index contributed by atoms with van der Waals surface area (Å²) in [5.74, 6) is 1.25. The molecule has 1 aliphatic rings. The number of ether oxygens (including phenoxy) is 2. The smallest absolute Gasteiger partial charge is 0.308 e. The Morgan fingerprint density at radius 3 is 2.54 bits per heavy atom. The monoisotopic (exact) mass is 505 g/mol. The highest BCUT2D eigenvalue weighted by Gasteiger charge is 2.27. The molecule has 8 heteroatoms. The molecular formula is C20H32IN3O4. The van der Waals surface area contributed by atoms with Gasteiger partial charge in [0.15, 0.2) is 17.5 Å². The van der Waals surface area contributed by atoms with Crippen LogP contribution in [-0.2, 0) is 16.1 Å². The number of aliphatic imine (C=N–C) groups is 1. The van der Waals surface area contributed by atoms with Crippen molar-refractivity contribution in [1.82, 2.24) is 10.6 Å². The van der Waals surface area contributed by atoms with Crippen molar-refractivity contribution in [1.29, 1.82) is 0 Å². The number of hydrogen-bond donors (Lipinski definition) is 3. The van der Waals surface area contributed by atoms with Gasteiger partial charge in [-0.1, -0.05) is 6.07 Å². The number of esters is 1. The van der Waals surface area contributed by atoms with E-state index in [2.05, 4.69) is 15.6 Å². The zero-order valence-corrected chi connectivity index (χ0v) is 19.2. The summed E-state index contributed by atoms with van der Waals surface area (Å²) in [5.41, 5.74) is 0.900. The van der Waals surface area contributed by atoms with Gasteiger partial charge in [-0.3, -0.25) is 4.79 Å². The Morgan fingerprint density at radius 1 is 1.25 bits per heavy atom. The molecule has 0 bridgehead atoms. The lowest BCUT2D eigenvalue weighted by molar-refractivity contribution is -0.149. The second kappa shape index (κ2) is 12.7. The van der Waals surface area contributed by atoms with Gasteiger partial charge in [-0.05, 0) is 57.2 Å². The Morgan fingerprint density at radius 2 is 1.96 bits per heavy atom. The predicted octanol–water partition coefficient (Wildman–Crippen LogP) is 3.20. The van der Waals surface area contributed by atoms with E-state index in [0.29, 0.717) is 18.9 Å². The molecule has 0 aromatic heterocycles. The van der Waals surface area contributed by atoms with Gasteiger partial charge < -0.3 is 25.2 Å². The highest BCUT2D eigenvalue weighted by Crippen LogP contribution is 2.27. The second-order valence-electron chi connectivity index (χ2n) is 6.65. The van der Waals surface area contributed by atoms with E-state index in [9.17, 15) is 9.90 Å². The van der Waals surface area contributed by atoms with E-state index in [1.807, 2.05) is 19.9 Å². The number of halogens is 1. The van der Waals surface area contributed by atoms with E-state index >= 15 is 0 Å². The summed E-state index contributed by atoms with van der Waals surface area (Å²) in [7, 11) is 1.52. The van der Waals surface area contributed by atoms with Crippen LogP contribution < -0.4 is 15.4 Å². The minimum absolute atomic E-state index is 0. The van der Waals surface area contributed by atoms with Crippen LogP contribution in [0.3, 0.4) is 0 Å². The Balaban J connectivity index is 0.00000392. The zero-order valence-electron chi connectivity index (χ0n) is 16.9. The summed E-state index contributed by atoms with van der Waals surface area (Å²) in [6.07, 6.45) is 3.50. The van der Waals surface area contributed by atoms with Gasteiger partial charge in [-0.15, -0.1) is 24.0 Å². The second-order valence-corrected chi connectivity index (χ2v) is 6.65. The summed E-state index contributed by atoms with van der Waals surface area (Å²) >= 11 is 0. The molecule has 1 aromatic carbocycles. The normalized spacial score (nSPS) is 19.3. The van der Waals surface area contributed by atoms with Gasteiger partial charge in [-0.25, -0.2) is 4.99 Å². The van der Waals surface area contributed by atoms with Crippen LogP contribution in [0.2, 0.25) is 0 Å². The van der Waals surface area contributed by atoms with Gasteiger partial charge in [0.05, 0.1) is 26.2 Å². The number of phenolic OH excluding ortho intramolecular Hbond substituents is 1. The molecule has 0 amide bonds. The lowest BCUT2D eigenvalue weighted by Crippen LogP contribution is -2.45. The molecule has 0 unspecified atom stereocenters. The average Bonchev–Trinajstić information content (AvgIpc) is 2.67. The van der Waals surface area contributed by atoms with Crippen molar-refractivity contribution in [2.24, 2.45) is 10.9 Å². The molecule has 7 nitrogen and oxygen atoms in total. The topological polar surface area (TPSA) is 92.2 Å². The number of carbonyl (C=O) groups excluding carboxylic acids is 1. The third kappa shape index (κ3) is 7.37. The number of nitrogens with one attached hydrogen (secondary N) is 2. The van der Waals surface area contributed by atoms with Gasteiger partial charge in [0, 0.05) is 12.6 Å². The maximum absolute atomic E-state index is 11.9. The fourth-order valence-electron chi connectivity index (χ4n) is 3.25. The van der Waals surface area contributed by atoms with Crippen LogP contribution in [-0.4, -0.2) is 43.3 Å². The van der Waals surface area contributed by atoms with Gasteiger partial charge in [0.2, 0.25) is 0 Å². The number of benzene rings is 1. The summed E-state index contributed by atoms with van der Waals surface area (Å²) in [6.45, 7) is 5.51. The van der Waals surface area contributed by atoms with Crippen molar-refractivity contribution >= 4 is 35.9 Å². The van der Waals surface area contributed by atoms with Crippen molar-refractivity contribution in [3.05, 3.63) is 23.8 Å². The Labute approximate surface area is 184 Å². The molecule has 2 rings (SSSR count). The minimum Gasteiger partial charge on any atom is -0.504 e. The maximum Gasteiger partial charge on any atom is 0.308 e. The largest absolute Gasteiger partial charge is 0.504 e. The van der Waals surface area contributed by atoms with Crippen LogP contribution in [0.25, 0.3) is 0 Å². The highest BCUT2D eigenvalue weighted by atomic mass is 127. The molecule has 0 saturated heterocycles. The molecule has 1 saturated carbocycles. The molecular weight excluding hydrogens is 473 g/mol. The summed E-state index contributed by atoms with van der Waals surface area (Å²) < 4.78 is 10.2. The van der Waals surface area contributed by atoms with Crippen LogP contribution in [0.1, 0.15) is 45.1 Å². The maximum atomic E-state index is 11.9. The van der Waals surface area contributed by atoms with Crippen LogP contribution in [0.5, 0.6) is 11.5 Å². The minimum atomic E-state index is -0.0733. The van der Waals surface area contributed by atoms with Crippen molar-refractivity contribution in [2.75, 3.05) is 20.3 Å². The number of carbonyl (C=O) groups is 1. The van der Waals surface area contributed by atoms with Crippen LogP contribution in [0, 0.1) is 5.92 Å². The SMILES string of the molecule is CCNC(=NCc1ccc(OC)c(O)c1)NC1CCC(C(=O)OCC)CC1.I. The quantitative estimate of drug-likeness (QED) is 0.228. The summed E-state index contributed by atoms with van der Waals surface area (Å²) in [5, 5.41) is 16.6. The molecule has 0 radical (unpaired) electrons. The number of aromatic hydroxyl groups is 1. The Kier molecular flexibility index (Phi) is 11.0. The molecule has 0 heterocycles. The van der Waals surface area contributed by atoms with Crippen LogP contribution in [0.4, 0.5) is 0 Å². The number of methoxy groups -OCH3 is 1. The van der Waals surface area contributed by atoms with Gasteiger partial charge in [0.25, 0.3) is 0 Å². The first kappa shape index (κ1) is 24.3. The number of hydrogen-bond acceptors (Lipinski definition) is 5. The lowest BCUT2D eigenvalue weighted by Gasteiger charge is -2.29. The lowest BCUT2D eigenvalue weighted by atomic mass is 9.86. The third-order valence-corrected chi connectivity index (χ3v) is 4.70. The van der Waals surface area contributed by atoms with Gasteiger partial charge >= 0.3 is 5.97 Å². The number of phenols is 1. The molecule has 1 aromatic rings. The van der Waals surface area contributed by atoms with Gasteiger partial charge in [-0.2, -0.15) is 0 Å². The van der Waals surface area contributed by atoms with E-state index in [1.54, 1.807) is 12.1 Å². The van der Waals surface area contributed by atoms with E-state index in [1.165, 1.54) is 7.11 Å². The number of nitrogens with zero attached hydrogens (tertiary/aromatic N) is 1. The van der Waals surface area contributed by atoms with Crippen LogP contribution in [0.15, 0.2) is 23.2 Å². The molecule has 3 N–H and O–H groups in total. The van der Waals surface area contributed by atoms with Crippen molar-refractivity contribution < 1.29 is 19.4 Å². The van der Waals surface area contributed by atoms with E-state index in [0.717, 1.165) is 43.8 Å². The first-order valence-electron chi connectivity index (χ1n) is 9.64. The van der Waals surface area contributed by atoms with Crippen molar-refractivity contribution in [3.8, 4) is 11.5 Å². The van der Waals surface area contributed by atoms with E-state index in [4.69, 9.17) is 9.47 Å². The van der Waals surface area contributed by atoms with Crippen LogP contribution >= 0.6 is 24.0 Å². The predicted molar refractivity (Wildman–Crippen MR) is 120 cm³/mol. The first-order valence-corrected chi connectivity index (χ1v) is 9.64. The van der Waals surface area contributed by atoms with Gasteiger partial charge in [0.1, 0.15) is 0 Å². The molecule has 0 spiro atoms. The summed E-state index contributed by atoms with van der Waals surface area (Å²) in [4.78, 5) is 16.5. The molecule has 0 atom stereocenters. The standard InChI is InChI=1S/C20H31N3O4.HI/c1-4-21-20(22-13-14-6-11-18(26-3)17(24)12-14)23-16-9-7-15(8-10-16)19(25)27-5-2;/h6,11-12,15-16,24H,4-5,7-10,13H2,1-3H3,(H2,21,22,23);1H. The zero-order chi connectivity index (χ0) is 19.6. The first-order chi connectivity index (χ1) is 13.1. The molecule has 0 aliphatic heterocycles. The van der Waals surface area contributed by atoms with Crippen molar-refractivity contribution in [2.45, 2.75) is 52.1 Å². The van der Waals surface area contributed by atoms with E-state index in [-0.39, 0.29) is 47.7 Å². The van der Waals surface area contributed by atoms with E-state index < -0.39 is 0 Å². The number of rotatable bonds is 7. The molecule has 1 fully saturated rings. The van der Waals surface area contributed by atoms with Crippen molar-refractivity contribution in [3.63, 3.8) is 0 Å². The Bertz CT molecular complexity index is 646. The number of guanidine groups is 1. The Hall–Kier alpha value is -1.71. The molecule has 28 heavy (non-hydrogen) atoms. The molecule has 158 valence electrons. The summed E-state index contributed by atoms with van der Waals surface area (Å²) in [6, 6.07) is 5.57. The molecule has 1 aliphatic carbocycles. The third-order valence-electron chi connectivity index (χ3n) is 4.70.